The molecule has 154 valence electrons. The van der Waals surface area contributed by atoms with Gasteiger partial charge in [-0.2, -0.15) is 30.7 Å². The van der Waals surface area contributed by atoms with Crippen molar-refractivity contribution >= 4 is 64.3 Å². The molecule has 2 nitrogen and oxygen atoms in total. The average Bonchev–Trinajstić information content (AvgIpc) is 2.53. The van der Waals surface area contributed by atoms with E-state index >= 15 is 0 Å². The Morgan fingerprint density at radius 3 is 1.93 bits per heavy atom. The maximum absolute atomic E-state index is 14.1. The number of halogens is 10. The van der Waals surface area contributed by atoms with Crippen LogP contribution in [0.25, 0.3) is 11.1 Å². The molecule has 0 saturated carbocycles. The summed E-state index contributed by atoms with van der Waals surface area (Å²) in [7, 11) is -6.49. The van der Waals surface area contributed by atoms with Crippen LogP contribution in [0.4, 0.5) is 30.7 Å². The van der Waals surface area contributed by atoms with Gasteiger partial charge in [0.15, 0.2) is 0 Å². The van der Waals surface area contributed by atoms with Crippen molar-refractivity contribution in [2.24, 2.45) is 0 Å². The largest absolute Gasteiger partial charge is 0.461 e. The average molecular weight is 670 g/mol. The van der Waals surface area contributed by atoms with Crippen molar-refractivity contribution in [3.8, 4) is 11.1 Å². The molecule has 0 aliphatic heterocycles. The highest BCUT2D eigenvalue weighted by atomic mass is 127. The Morgan fingerprint density at radius 1 is 0.893 bits per heavy atom. The van der Waals surface area contributed by atoms with E-state index in [0.717, 1.165) is 0 Å². The molecule has 28 heavy (non-hydrogen) atoms. The van der Waals surface area contributed by atoms with Gasteiger partial charge in [-0.1, -0.05) is 50.1 Å². The van der Waals surface area contributed by atoms with E-state index in [2.05, 4.69) is 31.9 Å². The van der Waals surface area contributed by atoms with Gasteiger partial charge in [-0.3, -0.25) is 0 Å². The van der Waals surface area contributed by atoms with Crippen molar-refractivity contribution < 1.29 is 39.2 Å². The Balaban J connectivity index is 2.90. The van der Waals surface area contributed by atoms with Gasteiger partial charge >= 0.3 is 17.4 Å². The molecular formula is C15H6Br2F7IO2S. The Kier molecular flexibility index (Phi) is 6.55. The molecule has 0 unspecified atom stereocenters. The molecule has 2 aromatic carbocycles. The Hall–Kier alpha value is -0.410. The highest BCUT2D eigenvalue weighted by Gasteiger charge is 2.78. The first kappa shape index (κ1) is 23.9. The SMILES string of the molecule is O=S(=O)(c1cc(Br)cc(Br)c1-c1ccccc1I)C(F)(F)C(F)(F)C(F)(F)F. The van der Waals surface area contributed by atoms with E-state index < -0.39 is 37.6 Å². The van der Waals surface area contributed by atoms with Gasteiger partial charge in [-0.05, 0) is 46.4 Å². The maximum Gasteiger partial charge on any atom is 0.461 e. The Morgan fingerprint density at radius 2 is 1.43 bits per heavy atom. The molecule has 0 fully saturated rings. The number of sulfone groups is 1. The van der Waals surface area contributed by atoms with Gasteiger partial charge in [0.05, 0.1) is 4.90 Å². The molecule has 0 spiro atoms. The predicted octanol–water partition coefficient (Wildman–Crippen LogP) is 7.05. The lowest BCUT2D eigenvalue weighted by atomic mass is 10.1. The lowest BCUT2D eigenvalue weighted by Crippen LogP contribution is -2.56. The molecule has 13 heteroatoms. The van der Waals surface area contributed by atoms with Gasteiger partial charge in [-0.15, -0.1) is 0 Å². The van der Waals surface area contributed by atoms with Crippen LogP contribution >= 0.6 is 54.5 Å². The summed E-state index contributed by atoms with van der Waals surface area (Å²) in [5, 5.41) is -6.45. The highest BCUT2D eigenvalue weighted by molar-refractivity contribution is 14.1. The van der Waals surface area contributed by atoms with Crippen LogP contribution in [0.2, 0.25) is 0 Å². The minimum Gasteiger partial charge on any atom is -0.217 e. The third kappa shape index (κ3) is 3.83. The van der Waals surface area contributed by atoms with Crippen LogP contribution in [-0.2, 0) is 9.84 Å². The molecule has 0 aliphatic carbocycles. The van der Waals surface area contributed by atoms with Gasteiger partial charge in [0.2, 0.25) is 0 Å². The molecule has 0 N–H and O–H groups in total. The number of hydrogen-bond donors (Lipinski definition) is 0. The molecule has 0 aliphatic rings. The number of alkyl halides is 7. The van der Waals surface area contributed by atoms with Gasteiger partial charge in [0, 0.05) is 18.1 Å². The summed E-state index contributed by atoms with van der Waals surface area (Å²) in [5.41, 5.74) is -0.418. The van der Waals surface area contributed by atoms with E-state index in [-0.39, 0.29) is 14.5 Å². The third-order valence-electron chi connectivity index (χ3n) is 3.51. The van der Waals surface area contributed by atoms with E-state index in [9.17, 15) is 39.2 Å². The summed E-state index contributed by atoms with van der Waals surface area (Å²) in [6.07, 6.45) is -6.78. The highest BCUT2D eigenvalue weighted by Crippen LogP contribution is 2.52. The molecule has 0 heterocycles. The number of hydrogen-bond acceptors (Lipinski definition) is 2. The third-order valence-corrected chi connectivity index (χ3v) is 7.37. The van der Waals surface area contributed by atoms with Crippen LogP contribution in [0.1, 0.15) is 0 Å². The van der Waals surface area contributed by atoms with Gasteiger partial charge in [0.1, 0.15) is 0 Å². The summed E-state index contributed by atoms with van der Waals surface area (Å²) in [6.45, 7) is 0. The predicted molar refractivity (Wildman–Crippen MR) is 103 cm³/mol. The number of benzene rings is 2. The molecule has 0 saturated heterocycles. The second kappa shape index (κ2) is 7.69. The van der Waals surface area contributed by atoms with E-state index in [4.69, 9.17) is 0 Å². The second-order valence-electron chi connectivity index (χ2n) is 5.33. The zero-order valence-electron chi connectivity index (χ0n) is 13.0. The van der Waals surface area contributed by atoms with E-state index in [1.807, 2.05) is 0 Å². The standard InChI is InChI=1S/C15H6Br2F7IO2S/c16-7-5-9(17)12(8-3-1-2-4-10(8)25)11(6-7)28(26,27)15(23,24)13(18,19)14(20,21)22/h1-6H. The summed E-state index contributed by atoms with van der Waals surface area (Å²) in [5.74, 6) is -6.81. The summed E-state index contributed by atoms with van der Waals surface area (Å²) >= 11 is 7.54. The smallest absolute Gasteiger partial charge is 0.217 e. The molecule has 0 atom stereocenters. The van der Waals surface area contributed by atoms with Crippen LogP contribution < -0.4 is 0 Å². The summed E-state index contributed by atoms with van der Waals surface area (Å²) in [4.78, 5) is -1.38. The van der Waals surface area contributed by atoms with E-state index in [1.165, 1.54) is 24.3 Å². The number of rotatable bonds is 4. The van der Waals surface area contributed by atoms with Gasteiger partial charge < -0.3 is 0 Å². The molecule has 2 rings (SSSR count). The normalized spacial score (nSPS) is 13.6. The van der Waals surface area contributed by atoms with Crippen molar-refractivity contribution in [2.75, 3.05) is 0 Å². The fraction of sp³-hybridized carbons (Fsp3) is 0.200. The van der Waals surface area contributed by atoms with Crippen molar-refractivity contribution in [1.82, 2.24) is 0 Å². The molecule has 2 aromatic rings. The summed E-state index contributed by atoms with van der Waals surface area (Å²) < 4.78 is 118. The van der Waals surface area contributed by atoms with Gasteiger partial charge in [0.25, 0.3) is 9.84 Å². The molecule has 0 bridgehead atoms. The second-order valence-corrected chi connectivity index (χ2v) is 10.2. The van der Waals surface area contributed by atoms with Gasteiger partial charge in [-0.25, -0.2) is 8.42 Å². The first-order chi connectivity index (χ1) is 12.6. The first-order valence-corrected chi connectivity index (χ1v) is 11.0. The minimum atomic E-state index is -6.81. The maximum atomic E-state index is 14.1. The van der Waals surface area contributed by atoms with Crippen molar-refractivity contribution in [3.63, 3.8) is 0 Å². The molecule has 0 aromatic heterocycles. The van der Waals surface area contributed by atoms with E-state index in [0.29, 0.717) is 9.64 Å². The Labute approximate surface area is 184 Å². The van der Waals surface area contributed by atoms with Crippen molar-refractivity contribution in [3.05, 3.63) is 48.9 Å². The van der Waals surface area contributed by atoms with Crippen LogP contribution in [0.3, 0.4) is 0 Å². The summed E-state index contributed by atoms with van der Waals surface area (Å²) in [6, 6.07) is 7.55. The van der Waals surface area contributed by atoms with Crippen LogP contribution in [-0.4, -0.2) is 25.8 Å². The topological polar surface area (TPSA) is 34.1 Å². The Bertz CT molecular complexity index is 1020. The zero-order valence-corrected chi connectivity index (χ0v) is 19.1. The van der Waals surface area contributed by atoms with Crippen LogP contribution in [0, 0.1) is 3.57 Å². The van der Waals surface area contributed by atoms with Crippen LogP contribution in [0.5, 0.6) is 0 Å². The zero-order chi connectivity index (χ0) is 21.7. The van der Waals surface area contributed by atoms with Crippen molar-refractivity contribution in [2.45, 2.75) is 22.2 Å². The van der Waals surface area contributed by atoms with E-state index in [1.54, 1.807) is 28.7 Å². The first-order valence-electron chi connectivity index (χ1n) is 6.86. The fourth-order valence-corrected chi connectivity index (χ4v) is 6.04. The van der Waals surface area contributed by atoms with Crippen molar-refractivity contribution in [1.29, 1.82) is 0 Å². The minimum absolute atomic E-state index is 0.0483. The molecule has 0 radical (unpaired) electrons. The lowest BCUT2D eigenvalue weighted by molar-refractivity contribution is -0.332. The van der Waals surface area contributed by atoms with Crippen LogP contribution in [0.15, 0.2) is 50.2 Å². The quantitative estimate of drug-likeness (QED) is 0.259. The fourth-order valence-electron chi connectivity index (χ4n) is 2.16. The monoisotopic (exact) mass is 668 g/mol. The lowest BCUT2D eigenvalue weighted by Gasteiger charge is -2.28. The molecule has 0 amide bonds. The molecular weight excluding hydrogens is 664 g/mol.